The van der Waals surface area contributed by atoms with Crippen LogP contribution in [0, 0.1) is 0 Å². The highest BCUT2D eigenvalue weighted by molar-refractivity contribution is 5.30. The second-order valence-electron chi connectivity index (χ2n) is 2.87. The van der Waals surface area contributed by atoms with Gasteiger partial charge in [0.2, 0.25) is 11.8 Å². The number of pyridine rings is 1. The Bertz CT molecular complexity index is 318. The smallest absolute Gasteiger partial charge is 0.272 e. The van der Waals surface area contributed by atoms with Crippen LogP contribution < -0.4 is 9.47 Å². The van der Waals surface area contributed by atoms with Gasteiger partial charge in [-0.05, 0) is 12.5 Å². The number of nitrogens with zero attached hydrogens (tertiary/aromatic N) is 1. The number of hydrogen-bond donors (Lipinski definition) is 0. The van der Waals surface area contributed by atoms with E-state index in [2.05, 4.69) is 4.98 Å². The zero-order chi connectivity index (χ0) is 11.3. The SMILES string of the molecule is CCc1ccc(OC)nc1OCC(F)F. The summed E-state index contributed by atoms with van der Waals surface area (Å²) in [7, 11) is 1.46. The molecule has 0 fully saturated rings. The predicted molar refractivity (Wildman–Crippen MR) is 51.7 cm³/mol. The zero-order valence-electron chi connectivity index (χ0n) is 8.67. The van der Waals surface area contributed by atoms with Gasteiger partial charge in [0.25, 0.3) is 6.43 Å². The molecule has 0 aliphatic heterocycles. The number of halogens is 2. The highest BCUT2D eigenvalue weighted by Crippen LogP contribution is 2.20. The summed E-state index contributed by atoms with van der Waals surface area (Å²) >= 11 is 0. The third-order valence-corrected chi connectivity index (χ3v) is 1.85. The van der Waals surface area contributed by atoms with Crippen LogP contribution in [0.1, 0.15) is 12.5 Å². The Morgan fingerprint density at radius 2 is 2.13 bits per heavy atom. The molecule has 0 saturated heterocycles. The van der Waals surface area contributed by atoms with E-state index < -0.39 is 13.0 Å². The van der Waals surface area contributed by atoms with Gasteiger partial charge in [0.1, 0.15) is 0 Å². The number of hydrogen-bond acceptors (Lipinski definition) is 3. The standard InChI is InChI=1S/C10H13F2NO2/c1-3-7-4-5-9(14-2)13-10(7)15-6-8(11)12/h4-5,8H,3,6H2,1-2H3. The van der Waals surface area contributed by atoms with Crippen molar-refractivity contribution in [2.24, 2.45) is 0 Å². The maximum atomic E-state index is 12.0. The van der Waals surface area contributed by atoms with Crippen molar-refractivity contribution in [1.82, 2.24) is 4.98 Å². The van der Waals surface area contributed by atoms with Gasteiger partial charge in [0, 0.05) is 11.6 Å². The summed E-state index contributed by atoms with van der Waals surface area (Å²) in [5.74, 6) is 0.577. The fourth-order valence-corrected chi connectivity index (χ4v) is 1.10. The van der Waals surface area contributed by atoms with E-state index in [9.17, 15) is 8.78 Å². The molecular weight excluding hydrogens is 204 g/mol. The highest BCUT2D eigenvalue weighted by atomic mass is 19.3. The maximum absolute atomic E-state index is 12.0. The number of aryl methyl sites for hydroxylation is 1. The molecule has 0 aliphatic rings. The average Bonchev–Trinajstić information content (AvgIpc) is 2.25. The van der Waals surface area contributed by atoms with Crippen LogP contribution in [0.2, 0.25) is 0 Å². The Morgan fingerprint density at radius 3 is 2.67 bits per heavy atom. The van der Waals surface area contributed by atoms with E-state index in [0.717, 1.165) is 5.56 Å². The largest absolute Gasteiger partial charge is 0.481 e. The molecule has 0 aromatic carbocycles. The Kier molecular flexibility index (Phi) is 4.27. The van der Waals surface area contributed by atoms with Crippen molar-refractivity contribution in [3.63, 3.8) is 0 Å². The summed E-state index contributed by atoms with van der Waals surface area (Å²) in [6.07, 6.45) is -1.82. The summed E-state index contributed by atoms with van der Waals surface area (Å²) in [6.45, 7) is 1.26. The molecule has 0 aliphatic carbocycles. The molecule has 0 radical (unpaired) electrons. The fourth-order valence-electron chi connectivity index (χ4n) is 1.10. The summed E-state index contributed by atoms with van der Waals surface area (Å²) in [6, 6.07) is 3.43. The molecule has 84 valence electrons. The van der Waals surface area contributed by atoms with Crippen LogP contribution in [0.25, 0.3) is 0 Å². The van der Waals surface area contributed by atoms with Gasteiger partial charge in [-0.1, -0.05) is 6.92 Å². The number of aromatic nitrogens is 1. The topological polar surface area (TPSA) is 31.4 Å². The highest BCUT2D eigenvalue weighted by Gasteiger charge is 2.09. The Hall–Kier alpha value is -1.39. The van der Waals surface area contributed by atoms with Crippen LogP contribution in [-0.4, -0.2) is 25.1 Å². The van der Waals surface area contributed by atoms with E-state index in [-0.39, 0.29) is 5.88 Å². The third kappa shape index (κ3) is 3.34. The fraction of sp³-hybridized carbons (Fsp3) is 0.500. The van der Waals surface area contributed by atoms with Crippen LogP contribution in [0.5, 0.6) is 11.8 Å². The first kappa shape index (κ1) is 11.7. The van der Waals surface area contributed by atoms with Crippen molar-refractivity contribution >= 4 is 0 Å². The van der Waals surface area contributed by atoms with E-state index in [0.29, 0.717) is 12.3 Å². The minimum Gasteiger partial charge on any atom is -0.481 e. The molecule has 5 heteroatoms. The quantitative estimate of drug-likeness (QED) is 0.758. The lowest BCUT2D eigenvalue weighted by Gasteiger charge is -2.09. The molecule has 1 rings (SSSR count). The Labute approximate surface area is 87.0 Å². The molecule has 0 saturated carbocycles. The molecule has 15 heavy (non-hydrogen) atoms. The van der Waals surface area contributed by atoms with Crippen LogP contribution in [0.3, 0.4) is 0 Å². The first-order valence-corrected chi connectivity index (χ1v) is 4.62. The number of methoxy groups -OCH3 is 1. The minimum atomic E-state index is -2.50. The van der Waals surface area contributed by atoms with Gasteiger partial charge in [-0.3, -0.25) is 0 Å². The van der Waals surface area contributed by atoms with Crippen molar-refractivity contribution in [1.29, 1.82) is 0 Å². The molecule has 0 spiro atoms. The predicted octanol–water partition coefficient (Wildman–Crippen LogP) is 2.30. The second-order valence-corrected chi connectivity index (χ2v) is 2.87. The average molecular weight is 217 g/mol. The normalized spacial score (nSPS) is 10.5. The van der Waals surface area contributed by atoms with E-state index >= 15 is 0 Å². The Balaban J connectivity index is 2.81. The molecule has 0 N–H and O–H groups in total. The first-order valence-electron chi connectivity index (χ1n) is 4.62. The first-order chi connectivity index (χ1) is 7.17. The van der Waals surface area contributed by atoms with Crippen LogP contribution in [0.15, 0.2) is 12.1 Å². The molecule has 1 heterocycles. The molecule has 0 amide bonds. The molecule has 3 nitrogen and oxygen atoms in total. The number of alkyl halides is 2. The Morgan fingerprint density at radius 1 is 1.40 bits per heavy atom. The summed E-state index contributed by atoms with van der Waals surface area (Å²) in [5.41, 5.74) is 0.788. The van der Waals surface area contributed by atoms with Crippen LogP contribution in [0.4, 0.5) is 8.78 Å². The van der Waals surface area contributed by atoms with E-state index in [1.807, 2.05) is 6.92 Å². The van der Waals surface area contributed by atoms with E-state index in [1.54, 1.807) is 12.1 Å². The molecular formula is C10H13F2NO2. The van der Waals surface area contributed by atoms with Gasteiger partial charge >= 0.3 is 0 Å². The van der Waals surface area contributed by atoms with Crippen LogP contribution in [-0.2, 0) is 6.42 Å². The van der Waals surface area contributed by atoms with Gasteiger partial charge in [0.05, 0.1) is 7.11 Å². The molecule has 0 atom stereocenters. The summed E-state index contributed by atoms with van der Waals surface area (Å²) in [5, 5.41) is 0. The van der Waals surface area contributed by atoms with Gasteiger partial charge in [-0.25, -0.2) is 8.78 Å². The zero-order valence-corrected chi connectivity index (χ0v) is 8.67. The van der Waals surface area contributed by atoms with Crippen molar-refractivity contribution < 1.29 is 18.3 Å². The molecule has 1 aromatic rings. The summed E-state index contributed by atoms with van der Waals surface area (Å²) < 4.78 is 33.7. The molecule has 0 unspecified atom stereocenters. The number of ether oxygens (including phenoxy) is 2. The van der Waals surface area contributed by atoms with E-state index in [4.69, 9.17) is 9.47 Å². The molecule has 0 bridgehead atoms. The third-order valence-electron chi connectivity index (χ3n) is 1.85. The van der Waals surface area contributed by atoms with Crippen LogP contribution >= 0.6 is 0 Å². The van der Waals surface area contributed by atoms with Gasteiger partial charge in [0.15, 0.2) is 6.61 Å². The van der Waals surface area contributed by atoms with Gasteiger partial charge < -0.3 is 9.47 Å². The molecule has 1 aromatic heterocycles. The van der Waals surface area contributed by atoms with Crippen molar-refractivity contribution in [2.75, 3.05) is 13.7 Å². The second kappa shape index (κ2) is 5.48. The van der Waals surface area contributed by atoms with Crippen molar-refractivity contribution in [3.05, 3.63) is 17.7 Å². The van der Waals surface area contributed by atoms with Crippen molar-refractivity contribution in [3.8, 4) is 11.8 Å². The van der Waals surface area contributed by atoms with Gasteiger partial charge in [-0.15, -0.1) is 0 Å². The van der Waals surface area contributed by atoms with Gasteiger partial charge in [-0.2, -0.15) is 4.98 Å². The number of rotatable bonds is 5. The van der Waals surface area contributed by atoms with Crippen molar-refractivity contribution in [2.45, 2.75) is 19.8 Å². The minimum absolute atomic E-state index is 0.220. The van der Waals surface area contributed by atoms with E-state index in [1.165, 1.54) is 7.11 Å². The lowest BCUT2D eigenvalue weighted by molar-refractivity contribution is 0.0787. The monoisotopic (exact) mass is 217 g/mol. The maximum Gasteiger partial charge on any atom is 0.272 e. The lowest BCUT2D eigenvalue weighted by atomic mass is 10.2. The summed E-state index contributed by atoms with van der Waals surface area (Å²) in [4.78, 5) is 3.96. The lowest BCUT2D eigenvalue weighted by Crippen LogP contribution is -2.09.